The number of rotatable bonds is 6. The lowest BCUT2D eigenvalue weighted by atomic mass is 10.1. The van der Waals surface area contributed by atoms with Crippen LogP contribution < -0.4 is 14.2 Å². The summed E-state index contributed by atoms with van der Waals surface area (Å²) in [7, 11) is 4.83. The molecule has 0 atom stereocenters. The molecule has 2 aromatic carbocycles. The monoisotopic (exact) mass is 458 g/mol. The van der Waals surface area contributed by atoms with Crippen LogP contribution in [0.2, 0.25) is 5.02 Å². The zero-order chi connectivity index (χ0) is 22.8. The molecule has 0 saturated carbocycles. The largest absolute Gasteiger partial charge is 0.493 e. The van der Waals surface area contributed by atoms with E-state index in [-0.39, 0.29) is 5.91 Å². The van der Waals surface area contributed by atoms with Crippen molar-refractivity contribution in [3.8, 4) is 17.2 Å². The Balaban J connectivity index is 1.46. The summed E-state index contributed by atoms with van der Waals surface area (Å²) in [5, 5.41) is 1.39. The highest BCUT2D eigenvalue weighted by Gasteiger charge is 2.28. The number of amides is 1. The van der Waals surface area contributed by atoms with E-state index in [1.165, 1.54) is 0 Å². The number of hydrogen-bond acceptors (Lipinski definition) is 6. The van der Waals surface area contributed by atoms with E-state index in [0.29, 0.717) is 53.2 Å². The van der Waals surface area contributed by atoms with Crippen molar-refractivity contribution in [2.45, 2.75) is 13.5 Å². The van der Waals surface area contributed by atoms with Gasteiger partial charge in [-0.25, -0.2) is 0 Å². The van der Waals surface area contributed by atoms with Crippen molar-refractivity contribution in [3.05, 3.63) is 52.2 Å². The molecule has 1 aromatic heterocycles. The Morgan fingerprint density at radius 1 is 1.00 bits per heavy atom. The zero-order valence-electron chi connectivity index (χ0n) is 18.7. The third-order valence-electron chi connectivity index (χ3n) is 5.95. The first kappa shape index (κ1) is 22.3. The Kier molecular flexibility index (Phi) is 6.48. The predicted molar refractivity (Wildman–Crippen MR) is 123 cm³/mol. The molecule has 0 unspecified atom stereocenters. The second-order valence-corrected chi connectivity index (χ2v) is 8.14. The van der Waals surface area contributed by atoms with Gasteiger partial charge in [0.2, 0.25) is 5.75 Å². The maximum atomic E-state index is 13.1. The number of halogens is 1. The number of piperazine rings is 1. The summed E-state index contributed by atoms with van der Waals surface area (Å²) in [4.78, 5) is 17.3. The highest BCUT2D eigenvalue weighted by molar-refractivity contribution is 6.35. The van der Waals surface area contributed by atoms with E-state index in [2.05, 4.69) is 4.90 Å². The van der Waals surface area contributed by atoms with Crippen molar-refractivity contribution in [3.63, 3.8) is 0 Å². The van der Waals surface area contributed by atoms with Crippen molar-refractivity contribution in [1.82, 2.24) is 9.80 Å². The fraction of sp³-hybridized carbons (Fsp3) is 0.375. The number of methoxy groups -OCH3 is 3. The molecule has 0 N–H and O–H groups in total. The molecular weight excluding hydrogens is 432 g/mol. The highest BCUT2D eigenvalue weighted by atomic mass is 35.5. The highest BCUT2D eigenvalue weighted by Crippen LogP contribution is 2.40. The Labute approximate surface area is 192 Å². The van der Waals surface area contributed by atoms with Gasteiger partial charge in [-0.2, -0.15) is 0 Å². The molecule has 8 heteroatoms. The van der Waals surface area contributed by atoms with E-state index < -0.39 is 0 Å². The van der Waals surface area contributed by atoms with Crippen LogP contribution in [0.15, 0.2) is 34.7 Å². The number of carbonyl (C=O) groups excluding carboxylic acids is 1. The van der Waals surface area contributed by atoms with Gasteiger partial charge >= 0.3 is 0 Å². The second-order valence-electron chi connectivity index (χ2n) is 7.73. The zero-order valence-corrected chi connectivity index (χ0v) is 19.5. The first-order valence-corrected chi connectivity index (χ1v) is 10.8. The van der Waals surface area contributed by atoms with Gasteiger partial charge in [0.1, 0.15) is 0 Å². The first-order chi connectivity index (χ1) is 15.5. The first-order valence-electron chi connectivity index (χ1n) is 10.5. The maximum absolute atomic E-state index is 13.1. The standard InChI is InChI=1S/C24H27ClN2O5/c1-15-17-6-5-7-18(25)22(17)32-20(15)24(28)27-12-10-26(11-13-27)14-16-8-9-19(29-2)23(31-4)21(16)30-3/h5-9H,10-14H2,1-4H3. The molecule has 1 saturated heterocycles. The molecule has 32 heavy (non-hydrogen) atoms. The second kappa shape index (κ2) is 9.30. The number of benzene rings is 2. The fourth-order valence-electron chi connectivity index (χ4n) is 4.19. The molecule has 0 aliphatic carbocycles. The fourth-order valence-corrected chi connectivity index (χ4v) is 4.41. The summed E-state index contributed by atoms with van der Waals surface area (Å²) in [5.41, 5.74) is 2.40. The van der Waals surface area contributed by atoms with Gasteiger partial charge in [-0.1, -0.05) is 29.8 Å². The quantitative estimate of drug-likeness (QED) is 0.546. The van der Waals surface area contributed by atoms with Crippen molar-refractivity contribution < 1.29 is 23.4 Å². The van der Waals surface area contributed by atoms with Crippen molar-refractivity contribution >= 4 is 28.5 Å². The van der Waals surface area contributed by atoms with Crippen LogP contribution in [0.5, 0.6) is 17.2 Å². The van der Waals surface area contributed by atoms with Crippen molar-refractivity contribution in [1.29, 1.82) is 0 Å². The van der Waals surface area contributed by atoms with E-state index in [4.69, 9.17) is 30.2 Å². The lowest BCUT2D eigenvalue weighted by Gasteiger charge is -2.34. The minimum atomic E-state index is -0.0990. The summed E-state index contributed by atoms with van der Waals surface area (Å²) < 4.78 is 22.3. The Bertz CT molecular complexity index is 1140. The van der Waals surface area contributed by atoms with Crippen LogP contribution in [-0.4, -0.2) is 63.2 Å². The molecular formula is C24H27ClN2O5. The van der Waals surface area contributed by atoms with Gasteiger partial charge < -0.3 is 23.5 Å². The molecule has 7 nitrogen and oxygen atoms in total. The van der Waals surface area contributed by atoms with E-state index in [9.17, 15) is 4.79 Å². The molecule has 1 aliphatic heterocycles. The predicted octanol–water partition coefficient (Wildman–Crippen LogP) is 4.38. The average molecular weight is 459 g/mol. The smallest absolute Gasteiger partial charge is 0.289 e. The summed E-state index contributed by atoms with van der Waals surface area (Å²) in [6.07, 6.45) is 0. The minimum absolute atomic E-state index is 0.0990. The van der Waals surface area contributed by atoms with Gasteiger partial charge in [-0.15, -0.1) is 0 Å². The van der Waals surface area contributed by atoms with Gasteiger partial charge in [0, 0.05) is 49.2 Å². The molecule has 2 heterocycles. The van der Waals surface area contributed by atoms with Crippen LogP contribution in [0, 0.1) is 6.92 Å². The van der Waals surface area contributed by atoms with Gasteiger partial charge in [0.25, 0.3) is 5.91 Å². The SMILES string of the molecule is COc1ccc(CN2CCN(C(=O)c3oc4c(Cl)cccc4c3C)CC2)c(OC)c1OC. The minimum Gasteiger partial charge on any atom is -0.493 e. The van der Waals surface area contributed by atoms with Crippen LogP contribution in [0.3, 0.4) is 0 Å². The number of aryl methyl sites for hydroxylation is 1. The van der Waals surface area contributed by atoms with Gasteiger partial charge in [-0.05, 0) is 19.1 Å². The van der Waals surface area contributed by atoms with Crippen molar-refractivity contribution in [2.24, 2.45) is 0 Å². The summed E-state index contributed by atoms with van der Waals surface area (Å²) in [6.45, 7) is 5.28. The average Bonchev–Trinajstić information content (AvgIpc) is 3.16. The Morgan fingerprint density at radius 3 is 2.34 bits per heavy atom. The van der Waals surface area contributed by atoms with Crippen LogP contribution in [-0.2, 0) is 6.54 Å². The maximum Gasteiger partial charge on any atom is 0.289 e. The van der Waals surface area contributed by atoms with E-state index in [0.717, 1.165) is 29.6 Å². The summed E-state index contributed by atoms with van der Waals surface area (Å²) in [5.74, 6) is 2.14. The van der Waals surface area contributed by atoms with E-state index in [1.54, 1.807) is 27.4 Å². The molecule has 1 amide bonds. The number of hydrogen-bond donors (Lipinski definition) is 0. The summed E-state index contributed by atoms with van der Waals surface area (Å²) >= 11 is 6.24. The van der Waals surface area contributed by atoms with Crippen LogP contribution >= 0.6 is 11.6 Å². The van der Waals surface area contributed by atoms with Crippen molar-refractivity contribution in [2.75, 3.05) is 47.5 Å². The third kappa shape index (κ3) is 3.98. The normalized spacial score (nSPS) is 14.6. The molecule has 4 rings (SSSR count). The van der Waals surface area contributed by atoms with Gasteiger partial charge in [-0.3, -0.25) is 9.69 Å². The molecule has 3 aromatic rings. The van der Waals surface area contributed by atoms with Gasteiger partial charge in [0.05, 0.1) is 26.4 Å². The Morgan fingerprint density at radius 2 is 1.72 bits per heavy atom. The van der Waals surface area contributed by atoms with Crippen LogP contribution in [0.1, 0.15) is 21.7 Å². The van der Waals surface area contributed by atoms with Gasteiger partial charge in [0.15, 0.2) is 22.8 Å². The number of para-hydroxylation sites is 1. The number of furan rings is 1. The molecule has 170 valence electrons. The van der Waals surface area contributed by atoms with Crippen LogP contribution in [0.25, 0.3) is 11.0 Å². The Hall–Kier alpha value is -2.90. The van der Waals surface area contributed by atoms with Crippen LogP contribution in [0.4, 0.5) is 0 Å². The molecule has 0 spiro atoms. The molecule has 0 bridgehead atoms. The lowest BCUT2D eigenvalue weighted by molar-refractivity contribution is 0.0598. The topological polar surface area (TPSA) is 64.4 Å². The number of nitrogens with zero attached hydrogens (tertiary/aromatic N) is 2. The summed E-state index contributed by atoms with van der Waals surface area (Å²) in [6, 6.07) is 9.42. The van der Waals surface area contributed by atoms with E-state index in [1.807, 2.05) is 36.1 Å². The lowest BCUT2D eigenvalue weighted by Crippen LogP contribution is -2.48. The number of carbonyl (C=O) groups is 1. The number of fused-ring (bicyclic) bond motifs is 1. The third-order valence-corrected chi connectivity index (χ3v) is 6.25. The molecule has 0 radical (unpaired) electrons. The molecule has 1 fully saturated rings. The molecule has 1 aliphatic rings. The number of ether oxygens (including phenoxy) is 3. The van der Waals surface area contributed by atoms with E-state index >= 15 is 0 Å².